The zero-order valence-corrected chi connectivity index (χ0v) is 7.82. The van der Waals surface area contributed by atoms with Gasteiger partial charge in [-0.1, -0.05) is 12.0 Å². The van der Waals surface area contributed by atoms with Gasteiger partial charge in [-0.25, -0.2) is 0 Å². The van der Waals surface area contributed by atoms with Gasteiger partial charge in [0.15, 0.2) is 11.5 Å². The Morgan fingerprint density at radius 3 is 2.93 bits per heavy atom. The Balaban J connectivity index is 2.33. The molecule has 1 aromatic rings. The summed E-state index contributed by atoms with van der Waals surface area (Å²) in [4.78, 5) is 0. The molecule has 1 aliphatic rings. The molecule has 0 N–H and O–H groups in total. The minimum absolute atomic E-state index is 0.270. The minimum atomic E-state index is -0.329. The summed E-state index contributed by atoms with van der Waals surface area (Å²) in [5.74, 6) is 4.01. The van der Waals surface area contributed by atoms with Crippen molar-refractivity contribution in [1.82, 2.24) is 0 Å². The highest BCUT2D eigenvalue weighted by Gasteiger charge is 2.16. The van der Waals surface area contributed by atoms with Crippen LogP contribution in [0.15, 0.2) is 18.2 Å². The number of hydrogen-bond acceptors (Lipinski definition) is 3. The maximum absolute atomic E-state index is 5.31. The van der Waals surface area contributed by atoms with Crippen molar-refractivity contribution in [2.75, 3.05) is 13.9 Å². The fraction of sp³-hybridized carbons (Fsp3) is 0.273. The summed E-state index contributed by atoms with van der Waals surface area (Å²) in [5, 5.41) is 0. The summed E-state index contributed by atoms with van der Waals surface area (Å²) < 4.78 is 15.5. The molecule has 0 saturated heterocycles. The number of hydrogen-bond donors (Lipinski definition) is 0. The molecule has 0 saturated carbocycles. The fourth-order valence-electron chi connectivity index (χ4n) is 1.38. The topological polar surface area (TPSA) is 27.7 Å². The van der Waals surface area contributed by atoms with Crippen LogP contribution in [-0.2, 0) is 4.74 Å². The lowest BCUT2D eigenvalue weighted by molar-refractivity contribution is 0.150. The summed E-state index contributed by atoms with van der Waals surface area (Å²) in [6.07, 6.45) is 4.98. The summed E-state index contributed by atoms with van der Waals surface area (Å²) in [6, 6.07) is 5.55. The van der Waals surface area contributed by atoms with Crippen LogP contribution < -0.4 is 9.47 Å². The molecule has 0 amide bonds. The second-order valence-electron chi connectivity index (χ2n) is 2.90. The van der Waals surface area contributed by atoms with Gasteiger partial charge >= 0.3 is 0 Å². The monoisotopic (exact) mass is 190 g/mol. The van der Waals surface area contributed by atoms with E-state index in [9.17, 15) is 0 Å². The maximum Gasteiger partial charge on any atom is 0.231 e. The van der Waals surface area contributed by atoms with Gasteiger partial charge in [0, 0.05) is 7.11 Å². The number of fused-ring (bicyclic) bond motifs is 1. The highest BCUT2D eigenvalue weighted by atomic mass is 16.7. The second kappa shape index (κ2) is 3.60. The lowest BCUT2D eigenvalue weighted by Crippen LogP contribution is -1.97. The van der Waals surface area contributed by atoms with Crippen molar-refractivity contribution in [2.45, 2.75) is 6.10 Å². The van der Waals surface area contributed by atoms with E-state index in [2.05, 4.69) is 5.92 Å². The summed E-state index contributed by atoms with van der Waals surface area (Å²) in [7, 11) is 1.58. The molecule has 72 valence electrons. The fourth-order valence-corrected chi connectivity index (χ4v) is 1.38. The molecule has 3 heteroatoms. The minimum Gasteiger partial charge on any atom is -0.454 e. The van der Waals surface area contributed by atoms with E-state index in [4.69, 9.17) is 20.6 Å². The molecule has 1 heterocycles. The third kappa shape index (κ3) is 1.40. The van der Waals surface area contributed by atoms with Gasteiger partial charge in [0.25, 0.3) is 0 Å². The van der Waals surface area contributed by atoms with Gasteiger partial charge in [0.1, 0.15) is 6.10 Å². The number of rotatable bonds is 2. The molecule has 14 heavy (non-hydrogen) atoms. The average molecular weight is 190 g/mol. The summed E-state index contributed by atoms with van der Waals surface area (Å²) in [5.41, 5.74) is 0.902. The van der Waals surface area contributed by atoms with Crippen molar-refractivity contribution in [2.24, 2.45) is 0 Å². The van der Waals surface area contributed by atoms with Crippen LogP contribution in [0.3, 0.4) is 0 Å². The van der Waals surface area contributed by atoms with E-state index in [0.717, 1.165) is 17.1 Å². The largest absolute Gasteiger partial charge is 0.454 e. The zero-order chi connectivity index (χ0) is 9.97. The smallest absolute Gasteiger partial charge is 0.231 e. The van der Waals surface area contributed by atoms with Gasteiger partial charge in [-0.3, -0.25) is 0 Å². The SMILES string of the molecule is C#CC(OC)c1ccc2c(c1)OCO2. The number of terminal acetylenes is 1. The van der Waals surface area contributed by atoms with Crippen molar-refractivity contribution < 1.29 is 14.2 Å². The van der Waals surface area contributed by atoms with Crippen LogP contribution in [-0.4, -0.2) is 13.9 Å². The van der Waals surface area contributed by atoms with Crippen LogP contribution in [0.4, 0.5) is 0 Å². The Hall–Kier alpha value is -1.66. The predicted octanol–water partition coefficient (Wildman–Crippen LogP) is 1.74. The van der Waals surface area contributed by atoms with E-state index in [0.29, 0.717) is 0 Å². The van der Waals surface area contributed by atoms with Gasteiger partial charge in [0.2, 0.25) is 6.79 Å². The van der Waals surface area contributed by atoms with E-state index in [-0.39, 0.29) is 12.9 Å². The van der Waals surface area contributed by atoms with Crippen LogP contribution in [0, 0.1) is 12.3 Å². The lowest BCUT2D eigenvalue weighted by Gasteiger charge is -2.08. The van der Waals surface area contributed by atoms with Gasteiger partial charge in [0.05, 0.1) is 0 Å². The highest BCUT2D eigenvalue weighted by molar-refractivity contribution is 5.46. The Labute approximate surface area is 82.6 Å². The average Bonchev–Trinajstić information content (AvgIpc) is 2.66. The van der Waals surface area contributed by atoms with Crippen LogP contribution in [0.1, 0.15) is 11.7 Å². The number of methoxy groups -OCH3 is 1. The molecule has 0 fully saturated rings. The van der Waals surface area contributed by atoms with Crippen LogP contribution >= 0.6 is 0 Å². The quantitative estimate of drug-likeness (QED) is 0.665. The predicted molar refractivity (Wildman–Crippen MR) is 51.1 cm³/mol. The van der Waals surface area contributed by atoms with Crippen LogP contribution in [0.5, 0.6) is 11.5 Å². The molecule has 0 radical (unpaired) electrons. The van der Waals surface area contributed by atoms with Gasteiger partial charge in [-0.05, 0) is 17.7 Å². The Morgan fingerprint density at radius 1 is 1.43 bits per heavy atom. The molecule has 1 atom stereocenters. The molecule has 0 aromatic heterocycles. The third-order valence-electron chi connectivity index (χ3n) is 2.09. The third-order valence-corrected chi connectivity index (χ3v) is 2.09. The van der Waals surface area contributed by atoms with E-state index >= 15 is 0 Å². The number of ether oxygens (including phenoxy) is 3. The van der Waals surface area contributed by atoms with Crippen molar-refractivity contribution in [1.29, 1.82) is 0 Å². The van der Waals surface area contributed by atoms with E-state index in [1.807, 2.05) is 18.2 Å². The van der Waals surface area contributed by atoms with Gasteiger partial charge < -0.3 is 14.2 Å². The zero-order valence-electron chi connectivity index (χ0n) is 7.82. The van der Waals surface area contributed by atoms with E-state index in [1.165, 1.54) is 0 Å². The molecule has 0 bridgehead atoms. The van der Waals surface area contributed by atoms with E-state index in [1.54, 1.807) is 7.11 Å². The van der Waals surface area contributed by atoms with Crippen molar-refractivity contribution in [3.63, 3.8) is 0 Å². The molecule has 0 spiro atoms. The molecule has 3 nitrogen and oxygen atoms in total. The summed E-state index contributed by atoms with van der Waals surface area (Å²) in [6.45, 7) is 0.270. The first kappa shape index (κ1) is 8.92. The Morgan fingerprint density at radius 2 is 2.21 bits per heavy atom. The van der Waals surface area contributed by atoms with E-state index < -0.39 is 0 Å². The molecule has 1 aromatic carbocycles. The molecule has 0 aliphatic carbocycles. The van der Waals surface area contributed by atoms with Crippen molar-refractivity contribution in [3.05, 3.63) is 23.8 Å². The summed E-state index contributed by atoms with van der Waals surface area (Å²) >= 11 is 0. The maximum atomic E-state index is 5.31. The first-order valence-electron chi connectivity index (χ1n) is 4.23. The highest BCUT2D eigenvalue weighted by Crippen LogP contribution is 2.34. The van der Waals surface area contributed by atoms with Crippen LogP contribution in [0.2, 0.25) is 0 Å². The van der Waals surface area contributed by atoms with Crippen molar-refractivity contribution >= 4 is 0 Å². The number of benzene rings is 1. The second-order valence-corrected chi connectivity index (χ2v) is 2.90. The lowest BCUT2D eigenvalue weighted by atomic mass is 10.1. The van der Waals surface area contributed by atoms with Gasteiger partial charge in [-0.15, -0.1) is 6.42 Å². The Bertz CT molecular complexity index is 379. The first-order valence-corrected chi connectivity index (χ1v) is 4.23. The Kier molecular flexibility index (Phi) is 2.30. The molecule has 1 aliphatic heterocycles. The molecular formula is C11H10O3. The van der Waals surface area contributed by atoms with Crippen LogP contribution in [0.25, 0.3) is 0 Å². The normalized spacial score (nSPS) is 14.9. The first-order chi connectivity index (χ1) is 6.85. The molecule has 1 unspecified atom stereocenters. The van der Waals surface area contributed by atoms with Crippen molar-refractivity contribution in [3.8, 4) is 23.8 Å². The molecular weight excluding hydrogens is 180 g/mol. The molecule has 2 rings (SSSR count). The van der Waals surface area contributed by atoms with Gasteiger partial charge in [-0.2, -0.15) is 0 Å². The standard InChI is InChI=1S/C11H10O3/c1-3-9(12-2)8-4-5-10-11(6-8)14-7-13-10/h1,4-6,9H,7H2,2H3.